The molecule has 30 heavy (non-hydrogen) atoms. The van der Waals surface area contributed by atoms with Crippen LogP contribution in [0, 0.1) is 12.8 Å². The van der Waals surface area contributed by atoms with Gasteiger partial charge in [-0.2, -0.15) is 0 Å². The average molecular weight is 445 g/mol. The van der Waals surface area contributed by atoms with Crippen molar-refractivity contribution in [2.45, 2.75) is 19.8 Å². The fourth-order valence-electron chi connectivity index (χ4n) is 4.16. The van der Waals surface area contributed by atoms with Crippen LogP contribution >= 0.6 is 23.2 Å². The van der Waals surface area contributed by atoms with Gasteiger partial charge in [0.15, 0.2) is 0 Å². The molecule has 1 fully saturated rings. The molecule has 1 unspecified atom stereocenters. The Labute approximate surface area is 185 Å². The number of carbonyl (C=O) groups excluding carboxylic acids is 2. The number of aliphatic hydroxyl groups excluding tert-OH is 1. The number of likely N-dealkylation sites (tertiary alicyclic amines) is 1. The number of benzene rings is 2. The number of nitrogens with zero attached hydrogens (tertiary/aromatic N) is 2. The van der Waals surface area contributed by atoms with Crippen LogP contribution < -0.4 is 4.90 Å². The van der Waals surface area contributed by atoms with Crippen LogP contribution in [0.15, 0.2) is 48.2 Å². The van der Waals surface area contributed by atoms with Crippen molar-refractivity contribution in [3.8, 4) is 0 Å². The fraction of sp³-hybridized carbons (Fsp3) is 0.304. The van der Waals surface area contributed by atoms with Crippen LogP contribution in [0.3, 0.4) is 0 Å². The van der Waals surface area contributed by atoms with E-state index >= 15 is 0 Å². The Hall–Kier alpha value is -2.34. The third-order valence-corrected chi connectivity index (χ3v) is 6.43. The Bertz CT molecular complexity index is 1030. The van der Waals surface area contributed by atoms with Gasteiger partial charge in [0, 0.05) is 29.7 Å². The molecule has 1 N–H and O–H groups in total. The number of hydrogen-bond acceptors (Lipinski definition) is 4. The van der Waals surface area contributed by atoms with Crippen LogP contribution in [-0.2, 0) is 9.59 Å². The molecule has 1 saturated heterocycles. The van der Waals surface area contributed by atoms with Gasteiger partial charge in [0.05, 0.1) is 11.3 Å². The van der Waals surface area contributed by atoms with Crippen molar-refractivity contribution in [3.05, 3.63) is 69.3 Å². The highest BCUT2D eigenvalue weighted by Gasteiger charge is 2.43. The van der Waals surface area contributed by atoms with E-state index in [1.165, 1.54) is 4.90 Å². The summed E-state index contributed by atoms with van der Waals surface area (Å²) in [5.74, 6) is -0.676. The standard InChI is InChI=1S/C23H22Cl2N2O3/c1-14-18(25)5-2-6-19(14)27-22(29)20(16-7-9-17(24)10-8-16)21(23(27)30)26-11-3-4-15(12-26)13-28/h2,5-10,15,28H,3-4,11-13H2,1H3. The molecule has 7 heteroatoms. The van der Waals surface area contributed by atoms with Gasteiger partial charge in [0.25, 0.3) is 11.8 Å². The summed E-state index contributed by atoms with van der Waals surface area (Å²) in [7, 11) is 0. The Morgan fingerprint density at radius 1 is 1.07 bits per heavy atom. The first-order chi connectivity index (χ1) is 14.4. The topological polar surface area (TPSA) is 60.9 Å². The Morgan fingerprint density at radius 2 is 1.80 bits per heavy atom. The lowest BCUT2D eigenvalue weighted by molar-refractivity contribution is -0.120. The van der Waals surface area contributed by atoms with Crippen molar-refractivity contribution in [2.75, 3.05) is 24.6 Å². The number of aliphatic hydroxyl groups is 1. The zero-order chi connectivity index (χ0) is 21.4. The highest BCUT2D eigenvalue weighted by molar-refractivity contribution is 6.46. The Balaban J connectivity index is 1.84. The molecule has 2 aliphatic rings. The van der Waals surface area contributed by atoms with Gasteiger partial charge in [-0.3, -0.25) is 9.59 Å². The maximum atomic E-state index is 13.6. The van der Waals surface area contributed by atoms with Gasteiger partial charge in [-0.15, -0.1) is 0 Å². The minimum Gasteiger partial charge on any atom is -0.396 e. The number of imide groups is 1. The highest BCUT2D eigenvalue weighted by atomic mass is 35.5. The molecule has 0 saturated carbocycles. The van der Waals surface area contributed by atoms with Crippen LogP contribution in [0.4, 0.5) is 5.69 Å². The van der Waals surface area contributed by atoms with Crippen LogP contribution in [0.2, 0.25) is 10.0 Å². The number of piperidine rings is 1. The quantitative estimate of drug-likeness (QED) is 0.714. The van der Waals surface area contributed by atoms with Gasteiger partial charge in [-0.05, 0) is 61.1 Å². The molecule has 2 heterocycles. The number of amides is 2. The van der Waals surface area contributed by atoms with E-state index in [0.717, 1.165) is 12.8 Å². The van der Waals surface area contributed by atoms with Gasteiger partial charge in [0.2, 0.25) is 0 Å². The molecular formula is C23H22Cl2N2O3. The number of hydrogen-bond donors (Lipinski definition) is 1. The predicted molar refractivity (Wildman–Crippen MR) is 118 cm³/mol. The van der Waals surface area contributed by atoms with Crippen LogP contribution in [0.5, 0.6) is 0 Å². The van der Waals surface area contributed by atoms with E-state index in [4.69, 9.17) is 23.2 Å². The van der Waals surface area contributed by atoms with Crippen molar-refractivity contribution in [1.29, 1.82) is 0 Å². The predicted octanol–water partition coefficient (Wildman–Crippen LogP) is 4.29. The molecule has 0 spiro atoms. The summed E-state index contributed by atoms with van der Waals surface area (Å²) < 4.78 is 0. The van der Waals surface area contributed by atoms with Gasteiger partial charge >= 0.3 is 0 Å². The van der Waals surface area contributed by atoms with E-state index in [1.54, 1.807) is 49.4 Å². The van der Waals surface area contributed by atoms with E-state index in [1.807, 2.05) is 4.90 Å². The normalized spacial score (nSPS) is 19.8. The molecule has 1 atom stereocenters. The maximum Gasteiger partial charge on any atom is 0.282 e. The highest BCUT2D eigenvalue weighted by Crippen LogP contribution is 2.38. The zero-order valence-corrected chi connectivity index (χ0v) is 18.1. The lowest BCUT2D eigenvalue weighted by Gasteiger charge is -2.34. The van der Waals surface area contributed by atoms with E-state index in [9.17, 15) is 14.7 Å². The molecule has 4 rings (SSSR count). The molecule has 0 bridgehead atoms. The van der Waals surface area contributed by atoms with Crippen molar-refractivity contribution in [3.63, 3.8) is 0 Å². The summed E-state index contributed by atoms with van der Waals surface area (Å²) in [6.45, 7) is 3.04. The van der Waals surface area contributed by atoms with Gasteiger partial charge in [-0.25, -0.2) is 4.90 Å². The van der Waals surface area contributed by atoms with Crippen molar-refractivity contribution in [1.82, 2.24) is 4.90 Å². The first-order valence-corrected chi connectivity index (χ1v) is 10.7. The number of carbonyl (C=O) groups is 2. The second kappa shape index (κ2) is 8.42. The molecule has 0 radical (unpaired) electrons. The minimum atomic E-state index is -0.381. The molecule has 2 aliphatic heterocycles. The first kappa shape index (κ1) is 20.9. The summed E-state index contributed by atoms with van der Waals surface area (Å²) in [4.78, 5) is 30.3. The van der Waals surface area contributed by atoms with Crippen LogP contribution in [-0.4, -0.2) is 41.5 Å². The average Bonchev–Trinajstić information content (AvgIpc) is 3.01. The second-order valence-electron chi connectivity index (χ2n) is 7.70. The van der Waals surface area contributed by atoms with E-state index in [2.05, 4.69) is 0 Å². The van der Waals surface area contributed by atoms with Crippen LogP contribution in [0.25, 0.3) is 5.57 Å². The SMILES string of the molecule is Cc1c(Cl)cccc1N1C(=O)C(c2ccc(Cl)cc2)=C(N2CCCC(CO)C2)C1=O. The number of anilines is 1. The summed E-state index contributed by atoms with van der Waals surface area (Å²) in [6.07, 6.45) is 1.75. The summed E-state index contributed by atoms with van der Waals surface area (Å²) in [5, 5.41) is 10.7. The van der Waals surface area contributed by atoms with E-state index in [-0.39, 0.29) is 24.3 Å². The molecule has 156 valence electrons. The third-order valence-electron chi connectivity index (χ3n) is 5.77. The molecular weight excluding hydrogens is 423 g/mol. The second-order valence-corrected chi connectivity index (χ2v) is 8.54. The first-order valence-electron chi connectivity index (χ1n) is 9.92. The van der Waals surface area contributed by atoms with E-state index < -0.39 is 0 Å². The van der Waals surface area contributed by atoms with Gasteiger partial charge < -0.3 is 10.0 Å². The Morgan fingerprint density at radius 3 is 2.50 bits per heavy atom. The summed E-state index contributed by atoms with van der Waals surface area (Å²) >= 11 is 12.3. The summed E-state index contributed by atoms with van der Waals surface area (Å²) in [5.41, 5.74) is 2.52. The Kier molecular flexibility index (Phi) is 5.87. The van der Waals surface area contributed by atoms with Crippen LogP contribution in [0.1, 0.15) is 24.0 Å². The number of halogens is 2. The molecule has 0 aromatic heterocycles. The lowest BCUT2D eigenvalue weighted by Crippen LogP contribution is -2.40. The smallest absolute Gasteiger partial charge is 0.282 e. The third kappa shape index (κ3) is 3.62. The molecule has 0 aliphatic carbocycles. The molecule has 2 aromatic rings. The maximum absolute atomic E-state index is 13.6. The van der Waals surface area contributed by atoms with Gasteiger partial charge in [-0.1, -0.05) is 41.4 Å². The zero-order valence-electron chi connectivity index (χ0n) is 16.6. The van der Waals surface area contributed by atoms with E-state index in [0.29, 0.717) is 51.2 Å². The largest absolute Gasteiger partial charge is 0.396 e. The number of rotatable bonds is 4. The molecule has 2 amide bonds. The van der Waals surface area contributed by atoms with Gasteiger partial charge in [0.1, 0.15) is 5.70 Å². The lowest BCUT2D eigenvalue weighted by atomic mass is 9.97. The van der Waals surface area contributed by atoms with Crippen molar-refractivity contribution in [2.24, 2.45) is 5.92 Å². The molecule has 2 aromatic carbocycles. The molecule has 5 nitrogen and oxygen atoms in total. The van der Waals surface area contributed by atoms with Crippen molar-refractivity contribution >= 4 is 46.3 Å². The fourth-order valence-corrected chi connectivity index (χ4v) is 4.46. The summed E-state index contributed by atoms with van der Waals surface area (Å²) in [6, 6.07) is 12.1. The monoisotopic (exact) mass is 444 g/mol. The minimum absolute atomic E-state index is 0.0549. The van der Waals surface area contributed by atoms with Crippen molar-refractivity contribution < 1.29 is 14.7 Å².